The minimum atomic E-state index is -3.35. The summed E-state index contributed by atoms with van der Waals surface area (Å²) in [5.74, 6) is -0.740. The predicted octanol–water partition coefficient (Wildman–Crippen LogP) is 2.74. The van der Waals surface area contributed by atoms with Crippen molar-refractivity contribution in [3.63, 3.8) is 0 Å². The Morgan fingerprint density at radius 2 is 1.83 bits per heavy atom. The molecule has 6 nitrogen and oxygen atoms in total. The van der Waals surface area contributed by atoms with Crippen LogP contribution in [0, 0.1) is 5.92 Å². The number of anilines is 1. The third-order valence-corrected chi connectivity index (χ3v) is 7.43. The number of amides is 2. The normalized spacial score (nSPS) is 16.8. The van der Waals surface area contributed by atoms with Crippen LogP contribution in [0.3, 0.4) is 0 Å². The zero-order chi connectivity index (χ0) is 20.9. The van der Waals surface area contributed by atoms with E-state index < -0.39 is 15.8 Å². The lowest BCUT2D eigenvalue weighted by Crippen LogP contribution is -2.34. The molecule has 0 aliphatic carbocycles. The minimum absolute atomic E-state index is 0.0329. The lowest BCUT2D eigenvalue weighted by molar-refractivity contribution is -0.126. The quantitative estimate of drug-likeness (QED) is 0.512. The summed E-state index contributed by atoms with van der Waals surface area (Å²) in [4.78, 5) is 27.8. The van der Waals surface area contributed by atoms with Crippen LogP contribution in [0.1, 0.15) is 12.8 Å². The molecule has 1 fully saturated rings. The minimum Gasteiger partial charge on any atom is -0.356 e. The van der Waals surface area contributed by atoms with Crippen LogP contribution >= 0.6 is 11.8 Å². The summed E-state index contributed by atoms with van der Waals surface area (Å²) in [6, 6.07) is 16.0. The van der Waals surface area contributed by atoms with Gasteiger partial charge in [0.15, 0.2) is 9.84 Å². The van der Waals surface area contributed by atoms with Gasteiger partial charge >= 0.3 is 0 Å². The smallest absolute Gasteiger partial charge is 0.227 e. The molecule has 1 heterocycles. The van der Waals surface area contributed by atoms with Gasteiger partial charge in [-0.25, -0.2) is 8.42 Å². The summed E-state index contributed by atoms with van der Waals surface area (Å²) in [5, 5.41) is 2.77. The molecule has 1 saturated heterocycles. The van der Waals surface area contributed by atoms with Crippen LogP contribution in [-0.4, -0.2) is 45.3 Å². The number of rotatable bonds is 8. The molecule has 0 radical (unpaired) electrons. The molecule has 0 aromatic heterocycles. The second-order valence-electron chi connectivity index (χ2n) is 6.88. The van der Waals surface area contributed by atoms with Gasteiger partial charge in [-0.1, -0.05) is 18.2 Å². The number of benzene rings is 2. The van der Waals surface area contributed by atoms with Gasteiger partial charge in [0.05, 0.1) is 16.6 Å². The number of carbonyl (C=O) groups is 2. The first-order valence-corrected chi connectivity index (χ1v) is 12.3. The maximum atomic E-state index is 12.4. The van der Waals surface area contributed by atoms with Crippen molar-refractivity contribution >= 4 is 39.1 Å². The largest absolute Gasteiger partial charge is 0.356 e. The number of carbonyl (C=O) groups excluding carboxylic acids is 2. The zero-order valence-corrected chi connectivity index (χ0v) is 17.8. The van der Waals surface area contributed by atoms with Crippen molar-refractivity contribution in [2.24, 2.45) is 5.92 Å². The van der Waals surface area contributed by atoms with E-state index in [0.717, 1.165) is 10.6 Å². The van der Waals surface area contributed by atoms with Gasteiger partial charge < -0.3 is 10.2 Å². The van der Waals surface area contributed by atoms with Crippen molar-refractivity contribution in [3.05, 3.63) is 54.6 Å². The first-order chi connectivity index (χ1) is 13.9. The van der Waals surface area contributed by atoms with Crippen LogP contribution in [0.5, 0.6) is 0 Å². The standard InChI is InChI=1S/C21H24N2O4S2/c1-28-18-10-8-17(9-11-18)23-15-16(14-20(23)24)21(25)22-12-5-13-29(26,27)19-6-3-2-4-7-19/h2-4,6-11,16H,5,12-15H2,1H3,(H,22,25). The molecule has 154 valence electrons. The Labute approximate surface area is 175 Å². The summed E-state index contributed by atoms with van der Waals surface area (Å²) < 4.78 is 24.5. The maximum Gasteiger partial charge on any atom is 0.227 e. The highest BCUT2D eigenvalue weighted by atomic mass is 32.2. The maximum absolute atomic E-state index is 12.4. The van der Waals surface area contributed by atoms with Crippen molar-refractivity contribution in [2.45, 2.75) is 22.6 Å². The van der Waals surface area contributed by atoms with Gasteiger partial charge in [-0.2, -0.15) is 0 Å². The Morgan fingerprint density at radius 1 is 1.14 bits per heavy atom. The fourth-order valence-electron chi connectivity index (χ4n) is 3.26. The van der Waals surface area contributed by atoms with E-state index in [0.29, 0.717) is 13.0 Å². The van der Waals surface area contributed by atoms with Gasteiger partial charge in [-0.15, -0.1) is 11.8 Å². The summed E-state index contributed by atoms with van der Waals surface area (Å²) in [6.45, 7) is 0.601. The molecule has 1 N–H and O–H groups in total. The van der Waals surface area contributed by atoms with E-state index in [1.54, 1.807) is 47.0 Å². The summed E-state index contributed by atoms with van der Waals surface area (Å²) in [7, 11) is -3.35. The Morgan fingerprint density at radius 3 is 2.48 bits per heavy atom. The summed E-state index contributed by atoms with van der Waals surface area (Å²) in [5.41, 5.74) is 0.789. The molecule has 2 aromatic rings. The predicted molar refractivity (Wildman–Crippen MR) is 115 cm³/mol. The molecule has 1 unspecified atom stereocenters. The average molecular weight is 433 g/mol. The number of thioether (sulfide) groups is 1. The molecule has 3 rings (SSSR count). The van der Waals surface area contributed by atoms with Crippen molar-refractivity contribution in [3.8, 4) is 0 Å². The monoisotopic (exact) mass is 432 g/mol. The molecule has 1 aliphatic heterocycles. The number of hydrogen-bond acceptors (Lipinski definition) is 5. The van der Waals surface area contributed by atoms with E-state index in [2.05, 4.69) is 5.32 Å². The van der Waals surface area contributed by atoms with Crippen LogP contribution in [-0.2, 0) is 19.4 Å². The summed E-state index contributed by atoms with van der Waals surface area (Å²) >= 11 is 1.63. The highest BCUT2D eigenvalue weighted by Crippen LogP contribution is 2.27. The highest BCUT2D eigenvalue weighted by Gasteiger charge is 2.34. The van der Waals surface area contributed by atoms with E-state index in [1.807, 2.05) is 30.5 Å². The molecule has 0 spiro atoms. The van der Waals surface area contributed by atoms with Crippen molar-refractivity contribution in [1.82, 2.24) is 5.32 Å². The fourth-order valence-corrected chi connectivity index (χ4v) is 5.00. The van der Waals surface area contributed by atoms with Crippen LogP contribution < -0.4 is 10.2 Å². The number of nitrogens with zero attached hydrogens (tertiary/aromatic N) is 1. The molecule has 0 saturated carbocycles. The molecule has 8 heteroatoms. The number of hydrogen-bond donors (Lipinski definition) is 1. The zero-order valence-electron chi connectivity index (χ0n) is 16.2. The van der Waals surface area contributed by atoms with Gasteiger partial charge in [0.2, 0.25) is 11.8 Å². The van der Waals surface area contributed by atoms with Crippen LogP contribution in [0.4, 0.5) is 5.69 Å². The Kier molecular flexibility index (Phi) is 6.97. The van der Waals surface area contributed by atoms with Crippen LogP contribution in [0.15, 0.2) is 64.4 Å². The lowest BCUT2D eigenvalue weighted by Gasteiger charge is -2.17. The molecule has 2 aromatic carbocycles. The molecular formula is C21H24N2O4S2. The van der Waals surface area contributed by atoms with Crippen molar-refractivity contribution in [1.29, 1.82) is 0 Å². The SMILES string of the molecule is CSc1ccc(N2CC(C(=O)NCCCS(=O)(=O)c3ccccc3)CC2=O)cc1. The van der Waals surface area contributed by atoms with Gasteiger partial charge in [0, 0.05) is 30.1 Å². The molecular weight excluding hydrogens is 408 g/mol. The van der Waals surface area contributed by atoms with Crippen molar-refractivity contribution < 1.29 is 18.0 Å². The van der Waals surface area contributed by atoms with Crippen LogP contribution in [0.25, 0.3) is 0 Å². The summed E-state index contributed by atoms with van der Waals surface area (Å²) in [6.07, 6.45) is 2.48. The van der Waals surface area contributed by atoms with E-state index in [4.69, 9.17) is 0 Å². The fraction of sp³-hybridized carbons (Fsp3) is 0.333. The first-order valence-electron chi connectivity index (χ1n) is 9.40. The third-order valence-electron chi connectivity index (χ3n) is 4.87. The Balaban J connectivity index is 1.48. The molecule has 0 bridgehead atoms. The topological polar surface area (TPSA) is 83.6 Å². The van der Waals surface area contributed by atoms with Crippen LogP contribution in [0.2, 0.25) is 0 Å². The van der Waals surface area contributed by atoms with Gasteiger partial charge in [-0.3, -0.25) is 9.59 Å². The average Bonchev–Trinajstić information content (AvgIpc) is 3.13. The second kappa shape index (κ2) is 9.45. The first kappa shape index (κ1) is 21.4. The van der Waals surface area contributed by atoms with Gasteiger partial charge in [0.1, 0.15) is 0 Å². The van der Waals surface area contributed by atoms with E-state index >= 15 is 0 Å². The molecule has 29 heavy (non-hydrogen) atoms. The number of sulfone groups is 1. The third kappa shape index (κ3) is 5.39. The van der Waals surface area contributed by atoms with E-state index in [1.165, 1.54) is 0 Å². The highest BCUT2D eigenvalue weighted by molar-refractivity contribution is 7.98. The number of nitrogens with one attached hydrogen (secondary N) is 1. The Hall–Kier alpha value is -2.32. The second-order valence-corrected chi connectivity index (χ2v) is 9.87. The van der Waals surface area contributed by atoms with Gasteiger partial charge in [-0.05, 0) is 49.1 Å². The van der Waals surface area contributed by atoms with E-state index in [-0.39, 0.29) is 35.4 Å². The molecule has 1 aliphatic rings. The molecule has 2 amide bonds. The lowest BCUT2D eigenvalue weighted by atomic mass is 10.1. The Bertz CT molecular complexity index is 960. The van der Waals surface area contributed by atoms with Crippen molar-refractivity contribution in [2.75, 3.05) is 30.0 Å². The van der Waals surface area contributed by atoms with Gasteiger partial charge in [0.25, 0.3) is 0 Å². The van der Waals surface area contributed by atoms with E-state index in [9.17, 15) is 18.0 Å². The molecule has 1 atom stereocenters.